The molecular formula is C16H19O2PS. The quantitative estimate of drug-likeness (QED) is 0.852. The molecule has 2 nitrogen and oxygen atoms in total. The largest absolute Gasteiger partial charge is 0.380 e. The Bertz CT molecular complexity index is 594. The second-order valence-electron chi connectivity index (χ2n) is 5.59. The van der Waals surface area contributed by atoms with Gasteiger partial charge in [0.1, 0.15) is 13.0 Å². The molecule has 3 atom stereocenters. The number of benzene rings is 1. The minimum absolute atomic E-state index is 0.442. The summed E-state index contributed by atoms with van der Waals surface area (Å²) >= 11 is 1.50. The maximum atomic E-state index is 13.0. The SMILES string of the molecule is O=P1(C(O)c2cccs2)CCC(Cc2ccccc2)C1. The van der Waals surface area contributed by atoms with Gasteiger partial charge in [-0.05, 0) is 35.8 Å². The molecule has 0 bridgehead atoms. The van der Waals surface area contributed by atoms with Gasteiger partial charge in [-0.1, -0.05) is 36.4 Å². The van der Waals surface area contributed by atoms with Gasteiger partial charge < -0.3 is 9.67 Å². The van der Waals surface area contributed by atoms with Crippen LogP contribution in [0.3, 0.4) is 0 Å². The van der Waals surface area contributed by atoms with Gasteiger partial charge in [-0.2, -0.15) is 0 Å². The van der Waals surface area contributed by atoms with E-state index in [1.54, 1.807) is 0 Å². The van der Waals surface area contributed by atoms with Crippen LogP contribution in [0, 0.1) is 5.92 Å². The molecule has 1 aliphatic rings. The fraction of sp³-hybridized carbons (Fsp3) is 0.375. The van der Waals surface area contributed by atoms with Gasteiger partial charge in [-0.3, -0.25) is 0 Å². The maximum Gasteiger partial charge on any atom is 0.141 e. The van der Waals surface area contributed by atoms with Crippen molar-refractivity contribution in [3.05, 3.63) is 58.3 Å². The van der Waals surface area contributed by atoms with E-state index in [9.17, 15) is 9.67 Å². The van der Waals surface area contributed by atoms with Crippen molar-refractivity contribution in [2.45, 2.75) is 18.7 Å². The molecule has 1 N–H and O–H groups in total. The molecule has 0 amide bonds. The van der Waals surface area contributed by atoms with Crippen LogP contribution in [0.5, 0.6) is 0 Å². The lowest BCUT2D eigenvalue weighted by Crippen LogP contribution is -2.05. The smallest absolute Gasteiger partial charge is 0.141 e. The molecule has 0 spiro atoms. The van der Waals surface area contributed by atoms with Crippen LogP contribution in [0.25, 0.3) is 0 Å². The first-order chi connectivity index (χ1) is 9.67. The number of hydrogen-bond donors (Lipinski definition) is 1. The zero-order chi connectivity index (χ0) is 14.0. The van der Waals surface area contributed by atoms with Crippen LogP contribution in [-0.2, 0) is 11.0 Å². The molecule has 0 aliphatic carbocycles. The lowest BCUT2D eigenvalue weighted by atomic mass is 9.99. The molecule has 20 heavy (non-hydrogen) atoms. The zero-order valence-electron chi connectivity index (χ0n) is 11.3. The van der Waals surface area contributed by atoms with Crippen LogP contribution in [0.15, 0.2) is 47.8 Å². The summed E-state index contributed by atoms with van der Waals surface area (Å²) in [5.41, 5.74) is 1.30. The van der Waals surface area contributed by atoms with Crippen LogP contribution >= 0.6 is 18.5 Å². The van der Waals surface area contributed by atoms with Crippen molar-refractivity contribution < 1.29 is 9.67 Å². The molecule has 1 saturated heterocycles. The summed E-state index contributed by atoms with van der Waals surface area (Å²) in [4.78, 5) is 0.855. The highest BCUT2D eigenvalue weighted by Gasteiger charge is 2.40. The molecule has 4 heteroatoms. The first-order valence-electron chi connectivity index (χ1n) is 7.00. The van der Waals surface area contributed by atoms with Crippen molar-refractivity contribution >= 4 is 18.5 Å². The average molecular weight is 306 g/mol. The Hall–Kier alpha value is -0.890. The van der Waals surface area contributed by atoms with Gasteiger partial charge in [0.05, 0.1) is 0 Å². The van der Waals surface area contributed by atoms with E-state index in [1.165, 1.54) is 16.9 Å². The second kappa shape index (κ2) is 5.85. The van der Waals surface area contributed by atoms with Gasteiger partial charge in [-0.25, -0.2) is 0 Å². The Labute approximate surface area is 123 Å². The molecule has 106 valence electrons. The Balaban J connectivity index is 1.68. The Morgan fingerprint density at radius 3 is 2.75 bits per heavy atom. The van der Waals surface area contributed by atoms with E-state index in [1.807, 2.05) is 35.7 Å². The summed E-state index contributed by atoms with van der Waals surface area (Å²) in [5, 5.41) is 12.3. The second-order valence-corrected chi connectivity index (χ2v) is 9.78. The third-order valence-electron chi connectivity index (χ3n) is 4.09. The Kier molecular flexibility index (Phi) is 4.11. The average Bonchev–Trinajstić information content (AvgIpc) is 3.10. The van der Waals surface area contributed by atoms with Gasteiger partial charge in [-0.15, -0.1) is 11.3 Å². The van der Waals surface area contributed by atoms with Crippen LogP contribution in [0.4, 0.5) is 0 Å². The van der Waals surface area contributed by atoms with Crippen LogP contribution < -0.4 is 0 Å². The van der Waals surface area contributed by atoms with E-state index in [4.69, 9.17) is 0 Å². The molecule has 2 heterocycles. The molecular weight excluding hydrogens is 287 g/mol. The summed E-state index contributed by atoms with van der Waals surface area (Å²) in [6.07, 6.45) is 3.31. The van der Waals surface area contributed by atoms with Crippen LogP contribution in [0.2, 0.25) is 0 Å². The first kappa shape index (κ1) is 14.1. The first-order valence-corrected chi connectivity index (χ1v) is 10.0. The van der Waals surface area contributed by atoms with Gasteiger partial charge in [0.15, 0.2) is 0 Å². The minimum atomic E-state index is -2.48. The number of aliphatic hydroxyl groups is 1. The maximum absolute atomic E-state index is 13.0. The van der Waals surface area contributed by atoms with E-state index < -0.39 is 13.0 Å². The van der Waals surface area contributed by atoms with Crippen molar-refractivity contribution in [3.63, 3.8) is 0 Å². The number of rotatable bonds is 4. The van der Waals surface area contributed by atoms with E-state index in [2.05, 4.69) is 12.1 Å². The van der Waals surface area contributed by atoms with Crippen LogP contribution in [-0.4, -0.2) is 17.4 Å². The standard InChI is InChI=1S/C16H19O2PS/c17-16(15-7-4-10-20-15)19(18)9-8-14(12-19)11-13-5-2-1-3-6-13/h1-7,10,14,16-17H,8-9,11-12H2. The van der Waals surface area contributed by atoms with Crippen molar-refractivity contribution in [2.24, 2.45) is 5.92 Å². The van der Waals surface area contributed by atoms with Crippen molar-refractivity contribution in [1.82, 2.24) is 0 Å². The number of aliphatic hydroxyl groups excluding tert-OH is 1. The Morgan fingerprint density at radius 2 is 2.05 bits per heavy atom. The third kappa shape index (κ3) is 2.90. The summed E-state index contributed by atoms with van der Waals surface area (Å²) < 4.78 is 13.0. The lowest BCUT2D eigenvalue weighted by molar-refractivity contribution is 0.257. The molecule has 1 fully saturated rings. The predicted octanol–water partition coefficient (Wildman–Crippen LogP) is 4.36. The fourth-order valence-corrected chi connectivity index (χ4v) is 7.54. The number of hydrogen-bond acceptors (Lipinski definition) is 3. The van der Waals surface area contributed by atoms with Gasteiger partial charge in [0, 0.05) is 17.2 Å². The zero-order valence-corrected chi connectivity index (χ0v) is 13.0. The van der Waals surface area contributed by atoms with Gasteiger partial charge >= 0.3 is 0 Å². The molecule has 1 aromatic heterocycles. The highest BCUT2D eigenvalue weighted by molar-refractivity contribution is 7.64. The normalized spacial score (nSPS) is 27.6. The molecule has 2 aromatic rings. The fourth-order valence-electron chi connectivity index (χ4n) is 3.03. The minimum Gasteiger partial charge on any atom is -0.380 e. The van der Waals surface area contributed by atoms with Crippen molar-refractivity contribution in [1.29, 1.82) is 0 Å². The summed E-state index contributed by atoms with van der Waals surface area (Å²) in [6, 6.07) is 14.2. The molecule has 0 radical (unpaired) electrons. The van der Waals surface area contributed by atoms with E-state index in [0.29, 0.717) is 18.2 Å². The Morgan fingerprint density at radius 1 is 1.25 bits per heavy atom. The molecule has 3 rings (SSSR count). The van der Waals surface area contributed by atoms with E-state index in [-0.39, 0.29) is 0 Å². The summed E-state index contributed by atoms with van der Waals surface area (Å²) in [7, 11) is -2.48. The lowest BCUT2D eigenvalue weighted by Gasteiger charge is -2.18. The highest BCUT2D eigenvalue weighted by Crippen LogP contribution is 2.64. The predicted molar refractivity (Wildman–Crippen MR) is 84.9 cm³/mol. The third-order valence-corrected chi connectivity index (χ3v) is 8.51. The highest BCUT2D eigenvalue weighted by atomic mass is 32.1. The molecule has 1 aromatic carbocycles. The van der Waals surface area contributed by atoms with E-state index >= 15 is 0 Å². The topological polar surface area (TPSA) is 37.3 Å². The van der Waals surface area contributed by atoms with Crippen molar-refractivity contribution in [2.75, 3.05) is 12.3 Å². The summed E-state index contributed by atoms with van der Waals surface area (Å²) in [6.45, 7) is 0. The monoisotopic (exact) mass is 306 g/mol. The number of thiophene rings is 1. The molecule has 3 unspecified atom stereocenters. The summed E-state index contributed by atoms with van der Waals surface area (Å²) in [5.74, 6) is -0.305. The van der Waals surface area contributed by atoms with Crippen molar-refractivity contribution in [3.8, 4) is 0 Å². The van der Waals surface area contributed by atoms with Gasteiger partial charge in [0.2, 0.25) is 0 Å². The van der Waals surface area contributed by atoms with Gasteiger partial charge in [0.25, 0.3) is 0 Å². The molecule has 1 aliphatic heterocycles. The van der Waals surface area contributed by atoms with E-state index in [0.717, 1.165) is 17.7 Å². The molecule has 0 saturated carbocycles. The van der Waals surface area contributed by atoms with Crippen LogP contribution in [0.1, 0.15) is 22.7 Å².